The van der Waals surface area contributed by atoms with Gasteiger partial charge in [0.2, 0.25) is 5.91 Å². The minimum atomic E-state index is -0.805. The van der Waals surface area contributed by atoms with Crippen LogP contribution in [0.15, 0.2) is 48.5 Å². The molecule has 2 aromatic carbocycles. The zero-order valence-corrected chi connectivity index (χ0v) is 15.8. The number of carbonyl (C=O) groups excluding carboxylic acids is 2. The van der Waals surface area contributed by atoms with Gasteiger partial charge in [0.15, 0.2) is 0 Å². The van der Waals surface area contributed by atoms with Crippen LogP contribution in [0, 0.1) is 0 Å². The number of amides is 2. The largest absolute Gasteiger partial charge is 0.481 e. The van der Waals surface area contributed by atoms with Crippen molar-refractivity contribution in [3.63, 3.8) is 0 Å². The molecule has 0 saturated carbocycles. The molecule has 0 radical (unpaired) electrons. The van der Waals surface area contributed by atoms with Crippen molar-refractivity contribution in [3.05, 3.63) is 59.7 Å². The normalized spacial score (nSPS) is 10.3. The van der Waals surface area contributed by atoms with Gasteiger partial charge in [-0.15, -0.1) is 0 Å². The average molecular weight is 386 g/mol. The monoisotopic (exact) mass is 386 g/mol. The number of carboxylic acid groups (broad SMARTS) is 1. The van der Waals surface area contributed by atoms with Crippen LogP contribution < -0.4 is 10.6 Å². The average Bonchev–Trinajstić information content (AvgIpc) is 2.65. The van der Waals surface area contributed by atoms with E-state index in [-0.39, 0.29) is 18.2 Å². The predicted octanol–water partition coefficient (Wildman–Crippen LogP) is 4.00. The zero-order chi connectivity index (χ0) is 19.6. The molecule has 0 fully saturated rings. The molecule has 0 unspecified atom stereocenters. The summed E-state index contributed by atoms with van der Waals surface area (Å²) in [7, 11) is 0. The SMILES string of the molecule is CCC(=O)Nc1cccc(C(=O)Nc2cccc(CSCCC(=O)O)c2)c1. The van der Waals surface area contributed by atoms with Crippen molar-refractivity contribution in [2.24, 2.45) is 0 Å². The molecule has 142 valence electrons. The number of benzene rings is 2. The molecule has 2 rings (SSSR count). The molecule has 0 aliphatic heterocycles. The lowest BCUT2D eigenvalue weighted by molar-refractivity contribution is -0.136. The molecule has 0 heterocycles. The minimum Gasteiger partial charge on any atom is -0.481 e. The smallest absolute Gasteiger partial charge is 0.304 e. The van der Waals surface area contributed by atoms with E-state index < -0.39 is 5.97 Å². The van der Waals surface area contributed by atoms with E-state index in [1.165, 1.54) is 11.8 Å². The summed E-state index contributed by atoms with van der Waals surface area (Å²) in [4.78, 5) is 34.5. The van der Waals surface area contributed by atoms with Crippen LogP contribution in [0.3, 0.4) is 0 Å². The van der Waals surface area contributed by atoms with Gasteiger partial charge >= 0.3 is 5.97 Å². The molecular weight excluding hydrogens is 364 g/mol. The first kappa shape index (κ1) is 20.5. The van der Waals surface area contributed by atoms with E-state index in [2.05, 4.69) is 10.6 Å². The molecule has 6 nitrogen and oxygen atoms in total. The Hall–Kier alpha value is -2.80. The van der Waals surface area contributed by atoms with Crippen molar-refractivity contribution in [2.75, 3.05) is 16.4 Å². The molecule has 3 N–H and O–H groups in total. The molecule has 2 aromatic rings. The lowest BCUT2D eigenvalue weighted by Crippen LogP contribution is -2.14. The lowest BCUT2D eigenvalue weighted by atomic mass is 10.1. The Kier molecular flexibility index (Phi) is 7.88. The Balaban J connectivity index is 1.97. The van der Waals surface area contributed by atoms with Gasteiger partial charge < -0.3 is 15.7 Å². The summed E-state index contributed by atoms with van der Waals surface area (Å²) in [6.45, 7) is 1.76. The van der Waals surface area contributed by atoms with E-state index in [1.54, 1.807) is 37.3 Å². The van der Waals surface area contributed by atoms with Crippen LogP contribution >= 0.6 is 11.8 Å². The van der Waals surface area contributed by atoms with Gasteiger partial charge in [-0.1, -0.05) is 25.1 Å². The van der Waals surface area contributed by atoms with Gasteiger partial charge in [0.05, 0.1) is 6.42 Å². The zero-order valence-electron chi connectivity index (χ0n) is 15.0. The molecule has 2 amide bonds. The van der Waals surface area contributed by atoms with Crippen molar-refractivity contribution in [1.82, 2.24) is 0 Å². The third-order valence-electron chi connectivity index (χ3n) is 3.64. The highest BCUT2D eigenvalue weighted by Crippen LogP contribution is 2.19. The Morgan fingerprint density at radius 1 is 1.00 bits per heavy atom. The molecular formula is C20H22N2O4S. The quantitative estimate of drug-likeness (QED) is 0.566. The highest BCUT2D eigenvalue weighted by molar-refractivity contribution is 7.98. The summed E-state index contributed by atoms with van der Waals surface area (Å²) in [5.74, 6) is 0.0392. The number of hydrogen-bond donors (Lipinski definition) is 3. The van der Waals surface area contributed by atoms with Crippen molar-refractivity contribution >= 4 is 40.9 Å². The van der Waals surface area contributed by atoms with E-state index in [0.29, 0.717) is 34.9 Å². The van der Waals surface area contributed by atoms with Crippen LogP contribution in [0.4, 0.5) is 11.4 Å². The molecule has 0 saturated heterocycles. The third kappa shape index (κ3) is 7.15. The maximum atomic E-state index is 12.5. The van der Waals surface area contributed by atoms with E-state index in [0.717, 1.165) is 5.56 Å². The van der Waals surface area contributed by atoms with Gasteiger partial charge in [-0.3, -0.25) is 14.4 Å². The fourth-order valence-electron chi connectivity index (χ4n) is 2.28. The lowest BCUT2D eigenvalue weighted by Gasteiger charge is -2.09. The predicted molar refractivity (Wildman–Crippen MR) is 108 cm³/mol. The Morgan fingerprint density at radius 2 is 1.70 bits per heavy atom. The Bertz CT molecular complexity index is 823. The topological polar surface area (TPSA) is 95.5 Å². The minimum absolute atomic E-state index is 0.111. The second-order valence-electron chi connectivity index (χ2n) is 5.83. The number of anilines is 2. The van der Waals surface area contributed by atoms with Crippen LogP contribution in [0.2, 0.25) is 0 Å². The van der Waals surface area contributed by atoms with E-state index in [4.69, 9.17) is 5.11 Å². The first-order valence-corrected chi connectivity index (χ1v) is 9.73. The van der Waals surface area contributed by atoms with E-state index in [1.807, 2.05) is 18.2 Å². The maximum absolute atomic E-state index is 12.5. The van der Waals surface area contributed by atoms with Crippen LogP contribution in [0.5, 0.6) is 0 Å². The van der Waals surface area contributed by atoms with Crippen LogP contribution in [-0.2, 0) is 15.3 Å². The summed E-state index contributed by atoms with van der Waals surface area (Å²) in [5, 5.41) is 14.2. The van der Waals surface area contributed by atoms with Crippen molar-refractivity contribution in [2.45, 2.75) is 25.5 Å². The van der Waals surface area contributed by atoms with Gasteiger partial charge in [0.25, 0.3) is 5.91 Å². The van der Waals surface area contributed by atoms with Gasteiger partial charge in [0, 0.05) is 34.9 Å². The summed E-state index contributed by atoms with van der Waals surface area (Å²) >= 11 is 1.53. The standard InChI is InChI=1S/C20H22N2O4S/c1-2-18(23)21-17-8-4-6-15(12-17)20(26)22-16-7-3-5-14(11-16)13-27-10-9-19(24)25/h3-8,11-12H,2,9-10,13H2,1H3,(H,21,23)(H,22,26)(H,24,25). The summed E-state index contributed by atoms with van der Waals surface area (Å²) in [5.41, 5.74) is 2.70. The molecule has 7 heteroatoms. The maximum Gasteiger partial charge on any atom is 0.304 e. The van der Waals surface area contributed by atoms with Gasteiger partial charge in [-0.05, 0) is 35.9 Å². The van der Waals surface area contributed by atoms with Crippen LogP contribution in [0.25, 0.3) is 0 Å². The summed E-state index contributed by atoms with van der Waals surface area (Å²) in [6, 6.07) is 14.2. The molecule has 0 aromatic heterocycles. The molecule has 0 aliphatic rings. The number of thioether (sulfide) groups is 1. The van der Waals surface area contributed by atoms with Crippen molar-refractivity contribution in [1.29, 1.82) is 0 Å². The molecule has 0 bridgehead atoms. The second kappa shape index (κ2) is 10.4. The summed E-state index contributed by atoms with van der Waals surface area (Å²) in [6.07, 6.45) is 0.500. The van der Waals surface area contributed by atoms with Crippen LogP contribution in [-0.4, -0.2) is 28.6 Å². The fourth-order valence-corrected chi connectivity index (χ4v) is 3.16. The first-order valence-electron chi connectivity index (χ1n) is 8.57. The van der Waals surface area contributed by atoms with E-state index in [9.17, 15) is 14.4 Å². The highest BCUT2D eigenvalue weighted by Gasteiger charge is 2.08. The van der Waals surface area contributed by atoms with E-state index >= 15 is 0 Å². The number of rotatable bonds is 9. The van der Waals surface area contributed by atoms with Gasteiger partial charge in [-0.2, -0.15) is 11.8 Å². The Morgan fingerprint density at radius 3 is 2.41 bits per heavy atom. The first-order chi connectivity index (χ1) is 13.0. The van der Waals surface area contributed by atoms with Crippen LogP contribution in [0.1, 0.15) is 35.7 Å². The fraction of sp³-hybridized carbons (Fsp3) is 0.250. The third-order valence-corrected chi connectivity index (χ3v) is 4.67. The van der Waals surface area contributed by atoms with Gasteiger partial charge in [0.1, 0.15) is 0 Å². The number of carbonyl (C=O) groups is 3. The molecule has 0 spiro atoms. The number of hydrogen-bond acceptors (Lipinski definition) is 4. The number of aliphatic carboxylic acids is 1. The molecule has 0 aliphatic carbocycles. The Labute approximate surface area is 162 Å². The number of carboxylic acids is 1. The summed E-state index contributed by atoms with van der Waals surface area (Å²) < 4.78 is 0. The van der Waals surface area contributed by atoms with Crippen molar-refractivity contribution in [3.8, 4) is 0 Å². The highest BCUT2D eigenvalue weighted by atomic mass is 32.2. The van der Waals surface area contributed by atoms with Gasteiger partial charge in [-0.25, -0.2) is 0 Å². The van der Waals surface area contributed by atoms with Crippen molar-refractivity contribution < 1.29 is 19.5 Å². The number of nitrogens with one attached hydrogen (secondary N) is 2. The molecule has 27 heavy (non-hydrogen) atoms. The molecule has 0 atom stereocenters. The second-order valence-corrected chi connectivity index (χ2v) is 6.94.